The quantitative estimate of drug-likeness (QED) is 0.0934. The van der Waals surface area contributed by atoms with Gasteiger partial charge in [0.25, 0.3) is 0 Å². The van der Waals surface area contributed by atoms with Crippen molar-refractivity contribution in [2.75, 3.05) is 82.6 Å². The van der Waals surface area contributed by atoms with E-state index in [2.05, 4.69) is 281 Å². The first-order chi connectivity index (χ1) is 29.9. The standard InChI is InChI=1S/2C15H16N.2C6H16N2.4C4H9.2Na.2Zn/c2*1-13(15-10-6-3-7-11-15)16-12-14-8-4-2-5-9-14;2*1-7(2)5-6-8(3)4;4*1-4(2)3;;;;/h2*2-11,13H,12H2,1H3;2*5-6H2,1-4H3;4*1-3H3;;;;/q2*-1;;;4*-1;2*+1;2*+2/t2*13-;;;;;;;;;;/m11........../s1. The van der Waals surface area contributed by atoms with Crippen molar-refractivity contribution in [3.8, 4) is 0 Å². The summed E-state index contributed by atoms with van der Waals surface area (Å²) in [6, 6.07) is 42.1. The average molecular weight is 1060 g/mol. The molecule has 0 aliphatic heterocycles. The smallest absolute Gasteiger partial charge is 0.652 e. The summed E-state index contributed by atoms with van der Waals surface area (Å²) in [5.74, 6) is 5.67. The van der Waals surface area contributed by atoms with Gasteiger partial charge in [-0.2, -0.15) is 83.1 Å². The van der Waals surface area contributed by atoms with E-state index in [0.717, 1.165) is 39.3 Å². The fourth-order valence-corrected chi connectivity index (χ4v) is 4.13. The minimum atomic E-state index is 0. The number of hydrogen-bond acceptors (Lipinski definition) is 4. The fraction of sp³-hybridized carbons (Fsp3) is 0.517. The van der Waals surface area contributed by atoms with Gasteiger partial charge in [0, 0.05) is 26.2 Å². The van der Waals surface area contributed by atoms with Crippen LogP contribution >= 0.6 is 0 Å². The molecule has 0 fully saturated rings. The molecule has 4 rings (SSSR count). The van der Waals surface area contributed by atoms with Crippen LogP contribution in [-0.4, -0.2) is 102 Å². The molecule has 6 nitrogen and oxygen atoms in total. The number of nitrogens with zero attached hydrogens (tertiary/aromatic N) is 6. The fourth-order valence-electron chi connectivity index (χ4n) is 4.13. The van der Waals surface area contributed by atoms with Gasteiger partial charge in [-0.15, -0.1) is 25.2 Å². The molecule has 0 N–H and O–H groups in total. The zero-order valence-electron chi connectivity index (χ0n) is 49.0. The van der Waals surface area contributed by atoms with Crippen LogP contribution in [0.3, 0.4) is 0 Å². The van der Waals surface area contributed by atoms with Gasteiger partial charge in [0.2, 0.25) is 0 Å². The summed E-state index contributed by atoms with van der Waals surface area (Å²) in [5.41, 5.74) is 5.09. The molecule has 0 saturated carbocycles. The molecule has 68 heavy (non-hydrogen) atoms. The predicted molar refractivity (Wildman–Crippen MR) is 292 cm³/mol. The van der Waals surface area contributed by atoms with Crippen LogP contribution in [-0.2, 0) is 52.0 Å². The third-order valence-electron chi connectivity index (χ3n) is 7.33. The van der Waals surface area contributed by atoms with Crippen molar-refractivity contribution in [3.05, 3.63) is 178 Å². The molecule has 0 spiro atoms. The summed E-state index contributed by atoms with van der Waals surface area (Å²) >= 11 is 0. The van der Waals surface area contributed by atoms with Gasteiger partial charge in [-0.3, -0.25) is 0 Å². The molecule has 368 valence electrons. The van der Waals surface area contributed by atoms with Crippen molar-refractivity contribution in [1.29, 1.82) is 0 Å². The molecule has 4 aromatic carbocycles. The van der Waals surface area contributed by atoms with Gasteiger partial charge in [-0.05, 0) is 56.4 Å². The largest absolute Gasteiger partial charge is 2.00 e. The molecule has 0 aromatic heterocycles. The van der Waals surface area contributed by atoms with E-state index in [1.807, 2.05) is 24.3 Å². The molecule has 0 bridgehead atoms. The van der Waals surface area contributed by atoms with Gasteiger partial charge < -0.3 is 53.9 Å². The van der Waals surface area contributed by atoms with E-state index in [9.17, 15) is 0 Å². The minimum Gasteiger partial charge on any atom is -0.652 e. The third kappa shape index (κ3) is 77.3. The van der Waals surface area contributed by atoms with Crippen LogP contribution in [0.4, 0.5) is 0 Å². The summed E-state index contributed by atoms with van der Waals surface area (Å²) in [6.45, 7) is 35.4. The first-order valence-corrected chi connectivity index (χ1v) is 23.1. The molecule has 0 heterocycles. The van der Waals surface area contributed by atoms with E-state index in [4.69, 9.17) is 0 Å². The normalized spacial score (nSPS) is 10.6. The van der Waals surface area contributed by atoms with Crippen molar-refractivity contribution in [2.45, 2.75) is 122 Å². The Hall–Kier alpha value is -0.113. The number of likely N-dealkylation sites (N-methyl/N-ethyl adjacent to an activating group) is 4. The molecule has 10 heteroatoms. The zero-order valence-corrected chi connectivity index (χ0v) is 59.0. The van der Waals surface area contributed by atoms with Crippen LogP contribution in [0.15, 0.2) is 121 Å². The van der Waals surface area contributed by atoms with Crippen molar-refractivity contribution >= 4 is 0 Å². The summed E-state index contributed by atoms with van der Waals surface area (Å²) in [6.07, 6.45) is 0. The van der Waals surface area contributed by atoms with Crippen LogP contribution in [0.2, 0.25) is 0 Å². The van der Waals surface area contributed by atoms with Crippen LogP contribution < -0.4 is 59.1 Å². The number of rotatable bonds is 14. The SMILES string of the molecule is CN(C)CCN(C)C.CN(C)CCN(C)C.C[C-](C)C.C[C-](C)C.C[C-](C)C.C[C-](C)C.C[C@@H]([N-]Cc1ccccc1)c1ccccc1.C[C@@H]([N-]Cc1ccccc1)c1ccccc1.[Na+].[Na+].[Zn+2].[Zn+2]. The Bertz CT molecular complexity index is 1310. The second kappa shape index (κ2) is 59.4. The van der Waals surface area contributed by atoms with Crippen molar-refractivity contribution in [3.63, 3.8) is 0 Å². The van der Waals surface area contributed by atoms with E-state index < -0.39 is 0 Å². The van der Waals surface area contributed by atoms with Crippen molar-refractivity contribution in [2.24, 2.45) is 0 Å². The maximum absolute atomic E-state index is 4.66. The second-order valence-corrected chi connectivity index (χ2v) is 19.0. The van der Waals surface area contributed by atoms with Gasteiger partial charge in [0.05, 0.1) is 0 Å². The average Bonchev–Trinajstić information content (AvgIpc) is 3.22. The monoisotopic (exact) mass is 1050 g/mol. The minimum absolute atomic E-state index is 0. The summed E-state index contributed by atoms with van der Waals surface area (Å²) in [7, 11) is 16.7. The predicted octanol–water partition coefficient (Wildman–Crippen LogP) is 9.35. The summed E-state index contributed by atoms with van der Waals surface area (Å²) < 4.78 is 0. The molecule has 0 unspecified atom stereocenters. The van der Waals surface area contributed by atoms with Crippen LogP contribution in [0.5, 0.6) is 0 Å². The Morgan fingerprint density at radius 2 is 0.500 bits per heavy atom. The zero-order chi connectivity index (χ0) is 49.9. The topological polar surface area (TPSA) is 41.2 Å². The molecular formula is C58H100N6Na2Zn2. The van der Waals surface area contributed by atoms with E-state index in [0.29, 0.717) is 0 Å². The van der Waals surface area contributed by atoms with Crippen LogP contribution in [0, 0.1) is 23.7 Å². The van der Waals surface area contributed by atoms with E-state index >= 15 is 0 Å². The van der Waals surface area contributed by atoms with Gasteiger partial charge in [-0.1, -0.05) is 157 Å². The van der Waals surface area contributed by atoms with Gasteiger partial charge in [-0.25, -0.2) is 0 Å². The number of hydrogen-bond donors (Lipinski definition) is 0. The van der Waals surface area contributed by atoms with Crippen LogP contribution in [0.25, 0.3) is 10.6 Å². The summed E-state index contributed by atoms with van der Waals surface area (Å²) in [5, 5.41) is 9.33. The summed E-state index contributed by atoms with van der Waals surface area (Å²) in [4.78, 5) is 8.72. The molecule has 0 amide bonds. The Morgan fingerprint density at radius 1 is 0.338 bits per heavy atom. The van der Waals surface area contributed by atoms with Crippen LogP contribution in [0.1, 0.15) is 131 Å². The first-order valence-electron chi connectivity index (χ1n) is 23.1. The van der Waals surface area contributed by atoms with Gasteiger partial charge in [0.1, 0.15) is 0 Å². The molecule has 2 atom stereocenters. The molecule has 0 aliphatic carbocycles. The van der Waals surface area contributed by atoms with E-state index in [1.165, 1.54) is 45.9 Å². The molecule has 4 aromatic rings. The maximum atomic E-state index is 4.66. The molecule has 0 aliphatic rings. The molecule has 0 radical (unpaired) electrons. The van der Waals surface area contributed by atoms with E-state index in [-0.39, 0.29) is 110 Å². The maximum Gasteiger partial charge on any atom is 2.00 e. The third-order valence-corrected chi connectivity index (χ3v) is 7.33. The van der Waals surface area contributed by atoms with Gasteiger partial charge >= 0.3 is 98.1 Å². The Balaban J connectivity index is -0.000000107. The number of benzene rings is 4. The Kier molecular flexibility index (Phi) is 74.0. The Labute approximate surface area is 495 Å². The van der Waals surface area contributed by atoms with Crippen molar-refractivity contribution in [1.82, 2.24) is 19.6 Å². The molecule has 0 saturated heterocycles. The second-order valence-electron chi connectivity index (χ2n) is 19.0. The van der Waals surface area contributed by atoms with E-state index in [1.54, 1.807) is 0 Å². The molecular weight excluding hydrogens is 957 g/mol. The first kappa shape index (κ1) is 84.7. The van der Waals surface area contributed by atoms with Crippen molar-refractivity contribution < 1.29 is 98.1 Å². The van der Waals surface area contributed by atoms with Gasteiger partial charge in [0.15, 0.2) is 0 Å². The Morgan fingerprint density at radius 3 is 0.662 bits per heavy atom.